The van der Waals surface area contributed by atoms with Gasteiger partial charge in [-0.3, -0.25) is 0 Å². The number of methoxy groups -OCH3 is 1. The number of aromatic amines is 1. The first-order valence-electron chi connectivity index (χ1n) is 9.08. The third-order valence-electron chi connectivity index (χ3n) is 4.55. The number of carbonyl (C=O) groups is 1. The Morgan fingerprint density at radius 1 is 1.21 bits per heavy atom. The molecule has 4 N–H and O–H groups in total. The van der Waals surface area contributed by atoms with Crippen LogP contribution in [0, 0.1) is 0 Å². The first kappa shape index (κ1) is 20.2. The second-order valence-corrected chi connectivity index (χ2v) is 7.14. The van der Waals surface area contributed by atoms with Gasteiger partial charge in [0.25, 0.3) is 0 Å². The van der Waals surface area contributed by atoms with Crippen LogP contribution in [-0.2, 0) is 4.74 Å². The van der Waals surface area contributed by atoms with Gasteiger partial charge in [0, 0.05) is 29.5 Å². The van der Waals surface area contributed by atoms with E-state index in [9.17, 15) is 9.90 Å². The number of H-pyrrole nitrogens is 1. The number of esters is 1. The highest BCUT2D eigenvalue weighted by atomic mass is 35.5. The highest BCUT2D eigenvalue weighted by Crippen LogP contribution is 2.24. The van der Waals surface area contributed by atoms with Crippen molar-refractivity contribution in [2.24, 2.45) is 0 Å². The van der Waals surface area contributed by atoms with E-state index in [-0.39, 0.29) is 6.04 Å². The number of fused-ring (bicyclic) bond motifs is 1. The zero-order valence-electron chi connectivity index (χ0n) is 15.8. The number of ether oxygens (including phenoxy) is 1. The molecular weight excluding hydrogens is 378 g/mol. The number of anilines is 1. The van der Waals surface area contributed by atoms with Gasteiger partial charge in [-0.2, -0.15) is 0 Å². The predicted octanol–water partition coefficient (Wildman–Crippen LogP) is 3.73. The molecule has 2 atom stereocenters. The highest BCUT2D eigenvalue weighted by molar-refractivity contribution is 6.30. The van der Waals surface area contributed by atoms with E-state index in [0.29, 0.717) is 23.8 Å². The second-order valence-electron chi connectivity index (χ2n) is 6.71. The Labute approximate surface area is 168 Å². The number of nitrogens with one attached hydrogen (secondary N) is 3. The number of aliphatic hydroxyl groups excluding tert-OH is 1. The van der Waals surface area contributed by atoms with Crippen molar-refractivity contribution in [3.05, 3.63) is 64.8 Å². The Morgan fingerprint density at radius 3 is 2.75 bits per heavy atom. The number of benzene rings is 2. The molecule has 28 heavy (non-hydrogen) atoms. The summed E-state index contributed by atoms with van der Waals surface area (Å²) < 4.78 is 4.77. The van der Waals surface area contributed by atoms with Gasteiger partial charge in [0.2, 0.25) is 0 Å². The van der Waals surface area contributed by atoms with Crippen LogP contribution in [0.25, 0.3) is 10.9 Å². The first-order valence-corrected chi connectivity index (χ1v) is 9.46. The number of aromatic nitrogens is 1. The van der Waals surface area contributed by atoms with Crippen LogP contribution in [-0.4, -0.2) is 42.3 Å². The molecule has 0 saturated carbocycles. The van der Waals surface area contributed by atoms with Crippen LogP contribution >= 0.6 is 11.6 Å². The van der Waals surface area contributed by atoms with Crippen LogP contribution < -0.4 is 10.6 Å². The molecule has 0 aliphatic carbocycles. The molecule has 0 amide bonds. The Balaban J connectivity index is 1.57. The average Bonchev–Trinajstić information content (AvgIpc) is 3.14. The van der Waals surface area contributed by atoms with E-state index in [0.717, 1.165) is 22.2 Å². The highest BCUT2D eigenvalue weighted by Gasteiger charge is 2.13. The van der Waals surface area contributed by atoms with Gasteiger partial charge >= 0.3 is 5.97 Å². The second kappa shape index (κ2) is 9.10. The summed E-state index contributed by atoms with van der Waals surface area (Å²) in [5.41, 5.74) is 2.96. The molecule has 6 nitrogen and oxygen atoms in total. The normalized spacial score (nSPS) is 13.3. The van der Waals surface area contributed by atoms with Crippen molar-refractivity contribution in [2.75, 3.05) is 25.5 Å². The average molecular weight is 402 g/mol. The molecule has 3 aromatic rings. The molecule has 7 heteroatoms. The SMILES string of the molecule is COC(=O)c1cc2cccc(NC[C@@H](C)NC[C@H](O)c3cccc(Cl)c3)c2[nH]1. The van der Waals surface area contributed by atoms with Crippen molar-refractivity contribution >= 4 is 34.2 Å². The zero-order valence-corrected chi connectivity index (χ0v) is 16.6. The summed E-state index contributed by atoms with van der Waals surface area (Å²) in [5, 5.41) is 18.5. The van der Waals surface area contributed by atoms with Crippen LogP contribution in [0.3, 0.4) is 0 Å². The molecule has 0 aliphatic heterocycles. The van der Waals surface area contributed by atoms with Gasteiger partial charge in [-0.15, -0.1) is 0 Å². The topological polar surface area (TPSA) is 86.4 Å². The van der Waals surface area contributed by atoms with Crippen molar-refractivity contribution in [1.82, 2.24) is 10.3 Å². The lowest BCUT2D eigenvalue weighted by Crippen LogP contribution is -2.35. The number of carbonyl (C=O) groups excluding carboxylic acids is 1. The molecule has 0 radical (unpaired) electrons. The maximum absolute atomic E-state index is 11.7. The summed E-state index contributed by atoms with van der Waals surface area (Å²) in [4.78, 5) is 14.8. The lowest BCUT2D eigenvalue weighted by molar-refractivity contribution is 0.0595. The molecule has 0 spiro atoms. The third-order valence-corrected chi connectivity index (χ3v) is 4.79. The number of para-hydroxylation sites is 1. The minimum Gasteiger partial charge on any atom is -0.464 e. The van der Waals surface area contributed by atoms with E-state index in [1.807, 2.05) is 37.3 Å². The number of aliphatic hydroxyl groups is 1. The van der Waals surface area contributed by atoms with Gasteiger partial charge in [-0.25, -0.2) is 4.79 Å². The van der Waals surface area contributed by atoms with E-state index in [4.69, 9.17) is 16.3 Å². The fraction of sp³-hybridized carbons (Fsp3) is 0.286. The minimum absolute atomic E-state index is 0.110. The quantitative estimate of drug-likeness (QED) is 0.432. The van der Waals surface area contributed by atoms with Crippen molar-refractivity contribution < 1.29 is 14.6 Å². The Hall–Kier alpha value is -2.54. The Morgan fingerprint density at radius 2 is 2.00 bits per heavy atom. The first-order chi connectivity index (χ1) is 13.5. The third kappa shape index (κ3) is 4.84. The van der Waals surface area contributed by atoms with Crippen LogP contribution in [0.15, 0.2) is 48.5 Å². The molecular formula is C21H24ClN3O3. The molecule has 3 rings (SSSR count). The lowest BCUT2D eigenvalue weighted by Gasteiger charge is -2.19. The van der Waals surface area contributed by atoms with Gasteiger partial charge in [0.15, 0.2) is 0 Å². The summed E-state index contributed by atoms with van der Waals surface area (Å²) in [6.45, 7) is 3.10. The maximum Gasteiger partial charge on any atom is 0.354 e. The lowest BCUT2D eigenvalue weighted by atomic mass is 10.1. The van der Waals surface area contributed by atoms with Gasteiger partial charge < -0.3 is 25.5 Å². The van der Waals surface area contributed by atoms with Crippen molar-refractivity contribution in [1.29, 1.82) is 0 Å². The summed E-state index contributed by atoms with van der Waals surface area (Å²) in [6, 6.07) is 14.9. The molecule has 1 heterocycles. The summed E-state index contributed by atoms with van der Waals surface area (Å²) in [6.07, 6.45) is -0.629. The van der Waals surface area contributed by atoms with E-state index >= 15 is 0 Å². The molecule has 0 aliphatic rings. The number of hydrogen-bond acceptors (Lipinski definition) is 5. The van der Waals surface area contributed by atoms with Gasteiger partial charge in [-0.05, 0) is 36.8 Å². The maximum atomic E-state index is 11.7. The van der Waals surface area contributed by atoms with E-state index in [1.165, 1.54) is 7.11 Å². The Bertz CT molecular complexity index is 957. The van der Waals surface area contributed by atoms with Gasteiger partial charge in [-0.1, -0.05) is 35.9 Å². The monoisotopic (exact) mass is 401 g/mol. The number of hydrogen-bond donors (Lipinski definition) is 4. The number of halogens is 1. The van der Waals surface area contributed by atoms with Crippen LogP contribution in [0.2, 0.25) is 5.02 Å². The Kier molecular flexibility index (Phi) is 6.57. The fourth-order valence-electron chi connectivity index (χ4n) is 3.00. The standard InChI is InChI=1S/C21H24ClN3O3/c1-13(23-12-19(26)14-5-3-7-16(22)9-14)11-24-17-8-4-6-15-10-18(21(27)28-2)25-20(15)17/h3-10,13,19,23-26H,11-12H2,1-2H3/t13-,19+/m1/s1. The van der Waals surface area contributed by atoms with Crippen molar-refractivity contribution in [3.63, 3.8) is 0 Å². The van der Waals surface area contributed by atoms with E-state index in [1.54, 1.807) is 18.2 Å². The van der Waals surface area contributed by atoms with E-state index < -0.39 is 12.1 Å². The number of rotatable bonds is 8. The molecule has 2 aromatic carbocycles. The summed E-state index contributed by atoms with van der Waals surface area (Å²) in [5.74, 6) is -0.396. The largest absolute Gasteiger partial charge is 0.464 e. The fourth-order valence-corrected chi connectivity index (χ4v) is 3.20. The minimum atomic E-state index is -0.629. The van der Waals surface area contributed by atoms with Crippen LogP contribution in [0.1, 0.15) is 29.1 Å². The molecule has 0 bridgehead atoms. The predicted molar refractivity (Wildman–Crippen MR) is 112 cm³/mol. The summed E-state index contributed by atoms with van der Waals surface area (Å²) in [7, 11) is 1.36. The molecule has 1 aromatic heterocycles. The summed E-state index contributed by atoms with van der Waals surface area (Å²) >= 11 is 5.97. The molecule has 148 valence electrons. The smallest absolute Gasteiger partial charge is 0.354 e. The van der Waals surface area contributed by atoms with Crippen molar-refractivity contribution in [2.45, 2.75) is 19.1 Å². The molecule has 0 saturated heterocycles. The molecule has 0 unspecified atom stereocenters. The van der Waals surface area contributed by atoms with Gasteiger partial charge in [0.05, 0.1) is 24.4 Å². The zero-order chi connectivity index (χ0) is 20.1. The van der Waals surface area contributed by atoms with Crippen molar-refractivity contribution in [3.8, 4) is 0 Å². The van der Waals surface area contributed by atoms with Crippen LogP contribution in [0.4, 0.5) is 5.69 Å². The molecule has 0 fully saturated rings. The van der Waals surface area contributed by atoms with E-state index in [2.05, 4.69) is 15.6 Å². The van der Waals surface area contributed by atoms with Crippen LogP contribution in [0.5, 0.6) is 0 Å². The van der Waals surface area contributed by atoms with Gasteiger partial charge in [0.1, 0.15) is 5.69 Å².